The van der Waals surface area contributed by atoms with E-state index in [0.717, 1.165) is 45.2 Å². The average Bonchev–Trinajstić information content (AvgIpc) is 3.36. The van der Waals surface area contributed by atoms with Gasteiger partial charge < -0.3 is 10.2 Å². The lowest BCUT2D eigenvalue weighted by Gasteiger charge is -2.33. The van der Waals surface area contributed by atoms with Crippen LogP contribution in [0.5, 0.6) is 0 Å². The average molecular weight is 335 g/mol. The normalized spacial score (nSPS) is 21.1. The fourth-order valence-corrected chi connectivity index (χ4v) is 3.34. The Morgan fingerprint density at radius 2 is 2.09 bits per heavy atom. The molecule has 2 aliphatic rings. The van der Waals surface area contributed by atoms with E-state index in [2.05, 4.69) is 5.32 Å². The Kier molecular flexibility index (Phi) is 5.21. The fourth-order valence-electron chi connectivity index (χ4n) is 3.15. The van der Waals surface area contributed by atoms with Crippen LogP contribution in [0.1, 0.15) is 48.9 Å². The lowest BCUT2D eigenvalue weighted by atomic mass is 9.93. The van der Waals surface area contributed by atoms with Crippen molar-refractivity contribution in [2.75, 3.05) is 13.1 Å². The molecule has 4 nitrogen and oxygen atoms in total. The maximum atomic E-state index is 12.6. The summed E-state index contributed by atoms with van der Waals surface area (Å²) in [5.74, 6) is 0.613. The van der Waals surface area contributed by atoms with Crippen molar-refractivity contribution in [2.45, 2.75) is 44.6 Å². The van der Waals surface area contributed by atoms with Crippen molar-refractivity contribution in [1.82, 2.24) is 10.2 Å². The van der Waals surface area contributed by atoms with Crippen molar-refractivity contribution >= 4 is 23.4 Å². The number of likely N-dealkylation sites (tertiary alicyclic amines) is 1. The second-order valence-corrected chi connectivity index (χ2v) is 7.09. The first-order chi connectivity index (χ1) is 11.1. The van der Waals surface area contributed by atoms with E-state index >= 15 is 0 Å². The molecule has 1 N–H and O–H groups in total. The summed E-state index contributed by atoms with van der Waals surface area (Å²) in [6.07, 6.45) is 5.77. The topological polar surface area (TPSA) is 49.4 Å². The number of nitrogens with zero attached hydrogens (tertiary/aromatic N) is 1. The summed E-state index contributed by atoms with van der Waals surface area (Å²) in [4.78, 5) is 26.3. The van der Waals surface area contributed by atoms with Gasteiger partial charge >= 0.3 is 0 Å². The number of halogens is 1. The molecule has 1 heterocycles. The van der Waals surface area contributed by atoms with Crippen molar-refractivity contribution in [3.63, 3.8) is 0 Å². The Morgan fingerprint density at radius 3 is 2.83 bits per heavy atom. The minimum absolute atomic E-state index is 0.0413. The zero-order valence-corrected chi connectivity index (χ0v) is 14.0. The van der Waals surface area contributed by atoms with E-state index in [0.29, 0.717) is 29.0 Å². The summed E-state index contributed by atoms with van der Waals surface area (Å²) in [5.41, 5.74) is 0.643. The fraction of sp³-hybridized carbons (Fsp3) is 0.556. The van der Waals surface area contributed by atoms with E-state index in [1.54, 1.807) is 24.3 Å². The quantitative estimate of drug-likeness (QED) is 0.898. The molecule has 0 aromatic heterocycles. The Balaban J connectivity index is 1.51. The second-order valence-electron chi connectivity index (χ2n) is 6.65. The Hall–Kier alpha value is -1.55. The third-order valence-corrected chi connectivity index (χ3v) is 4.83. The SMILES string of the molecule is O=C(CCC1CCCN(C(=O)c2cccc(Cl)c2)C1)NC1CC1. The third kappa shape index (κ3) is 4.71. The summed E-state index contributed by atoms with van der Waals surface area (Å²) in [7, 11) is 0. The van der Waals surface area contributed by atoms with Crippen molar-refractivity contribution in [3.05, 3.63) is 34.9 Å². The van der Waals surface area contributed by atoms with Crippen LogP contribution in [0.25, 0.3) is 0 Å². The van der Waals surface area contributed by atoms with Gasteiger partial charge in [0, 0.05) is 36.1 Å². The van der Waals surface area contributed by atoms with E-state index in [1.807, 2.05) is 4.90 Å². The highest BCUT2D eigenvalue weighted by Gasteiger charge is 2.26. The first kappa shape index (κ1) is 16.3. The lowest BCUT2D eigenvalue weighted by Crippen LogP contribution is -2.40. The number of benzene rings is 1. The number of amides is 2. The van der Waals surface area contributed by atoms with Crippen molar-refractivity contribution in [2.24, 2.45) is 5.92 Å². The van der Waals surface area contributed by atoms with Gasteiger partial charge in [-0.1, -0.05) is 17.7 Å². The molecule has 3 rings (SSSR count). The van der Waals surface area contributed by atoms with Gasteiger partial charge in [0.2, 0.25) is 5.91 Å². The van der Waals surface area contributed by atoms with Gasteiger partial charge in [-0.2, -0.15) is 0 Å². The van der Waals surface area contributed by atoms with Crippen molar-refractivity contribution in [1.29, 1.82) is 0 Å². The van der Waals surface area contributed by atoms with Crippen LogP contribution in [0.2, 0.25) is 5.02 Å². The highest BCUT2D eigenvalue weighted by molar-refractivity contribution is 6.30. The summed E-state index contributed by atoms with van der Waals surface area (Å²) in [6.45, 7) is 1.53. The molecule has 2 fully saturated rings. The molecule has 1 aromatic carbocycles. The first-order valence-corrected chi connectivity index (χ1v) is 8.84. The molecule has 1 aliphatic carbocycles. The summed E-state index contributed by atoms with van der Waals surface area (Å²) in [5, 5.41) is 3.61. The largest absolute Gasteiger partial charge is 0.353 e. The number of carbonyl (C=O) groups excluding carboxylic acids is 2. The van der Waals surface area contributed by atoms with Crippen molar-refractivity contribution in [3.8, 4) is 0 Å². The molecule has 1 aromatic rings. The molecule has 1 aliphatic heterocycles. The van der Waals surface area contributed by atoms with Gasteiger partial charge in [0.25, 0.3) is 5.91 Å². The predicted octanol–water partition coefficient (Wildman–Crippen LogP) is 3.25. The van der Waals surface area contributed by atoms with Crippen LogP contribution in [0.4, 0.5) is 0 Å². The summed E-state index contributed by atoms with van der Waals surface area (Å²) in [6, 6.07) is 7.53. The Labute approximate surface area is 142 Å². The van der Waals surface area contributed by atoms with E-state index < -0.39 is 0 Å². The van der Waals surface area contributed by atoms with Gasteiger partial charge in [0.15, 0.2) is 0 Å². The monoisotopic (exact) mass is 334 g/mol. The molecule has 0 spiro atoms. The Morgan fingerprint density at radius 1 is 1.26 bits per heavy atom. The van der Waals surface area contributed by atoms with Gasteiger partial charge in [-0.25, -0.2) is 0 Å². The smallest absolute Gasteiger partial charge is 0.253 e. The molecule has 2 amide bonds. The lowest BCUT2D eigenvalue weighted by molar-refractivity contribution is -0.121. The molecule has 1 saturated heterocycles. The number of hydrogen-bond donors (Lipinski definition) is 1. The van der Waals surface area contributed by atoms with Gasteiger partial charge in [-0.05, 0) is 56.2 Å². The summed E-state index contributed by atoms with van der Waals surface area (Å²) >= 11 is 5.97. The minimum Gasteiger partial charge on any atom is -0.353 e. The highest BCUT2D eigenvalue weighted by Crippen LogP contribution is 2.24. The van der Waals surface area contributed by atoms with Crippen LogP contribution >= 0.6 is 11.6 Å². The van der Waals surface area contributed by atoms with E-state index in [9.17, 15) is 9.59 Å². The van der Waals surface area contributed by atoms with E-state index in [4.69, 9.17) is 11.6 Å². The van der Waals surface area contributed by atoms with Crippen LogP contribution in [0.3, 0.4) is 0 Å². The first-order valence-electron chi connectivity index (χ1n) is 8.46. The molecule has 0 radical (unpaired) electrons. The molecule has 5 heteroatoms. The zero-order valence-electron chi connectivity index (χ0n) is 13.3. The highest BCUT2D eigenvalue weighted by atomic mass is 35.5. The van der Waals surface area contributed by atoms with Crippen LogP contribution in [0.15, 0.2) is 24.3 Å². The Bertz CT molecular complexity index is 586. The second kappa shape index (κ2) is 7.35. The molecule has 0 bridgehead atoms. The molecule has 1 atom stereocenters. The van der Waals surface area contributed by atoms with E-state index in [-0.39, 0.29) is 11.8 Å². The van der Waals surface area contributed by atoms with Crippen LogP contribution in [0, 0.1) is 5.92 Å². The van der Waals surface area contributed by atoms with Gasteiger partial charge in [-0.15, -0.1) is 0 Å². The standard InChI is InChI=1S/C18H23ClN2O2/c19-15-5-1-4-14(11-15)18(23)21-10-2-3-13(12-21)6-9-17(22)20-16-7-8-16/h1,4-5,11,13,16H,2-3,6-10,12H2,(H,20,22). The molecular formula is C18H23ClN2O2. The molecule has 23 heavy (non-hydrogen) atoms. The van der Waals surface area contributed by atoms with Crippen LogP contribution in [-0.4, -0.2) is 35.8 Å². The third-order valence-electron chi connectivity index (χ3n) is 4.60. The maximum absolute atomic E-state index is 12.6. The summed E-state index contributed by atoms with van der Waals surface area (Å²) < 4.78 is 0. The number of hydrogen-bond acceptors (Lipinski definition) is 2. The van der Waals surface area contributed by atoms with Gasteiger partial charge in [-0.3, -0.25) is 9.59 Å². The maximum Gasteiger partial charge on any atom is 0.253 e. The molecule has 1 saturated carbocycles. The number of piperidine rings is 1. The predicted molar refractivity (Wildman–Crippen MR) is 90.5 cm³/mol. The number of nitrogens with one attached hydrogen (secondary N) is 1. The van der Waals surface area contributed by atoms with Crippen LogP contribution < -0.4 is 5.32 Å². The number of rotatable bonds is 5. The minimum atomic E-state index is 0.0413. The molecule has 124 valence electrons. The molecular weight excluding hydrogens is 312 g/mol. The zero-order chi connectivity index (χ0) is 16.2. The van der Waals surface area contributed by atoms with E-state index in [1.165, 1.54) is 0 Å². The number of carbonyl (C=O) groups is 2. The van der Waals surface area contributed by atoms with Gasteiger partial charge in [0.05, 0.1) is 0 Å². The van der Waals surface area contributed by atoms with Crippen LogP contribution in [-0.2, 0) is 4.79 Å². The van der Waals surface area contributed by atoms with Gasteiger partial charge in [0.1, 0.15) is 0 Å². The molecule has 1 unspecified atom stereocenters. The van der Waals surface area contributed by atoms with Crippen molar-refractivity contribution < 1.29 is 9.59 Å².